The maximum absolute atomic E-state index is 13.1. The van der Waals surface area contributed by atoms with E-state index in [0.29, 0.717) is 25.2 Å². The van der Waals surface area contributed by atoms with Gasteiger partial charge in [0.15, 0.2) is 0 Å². The molecule has 0 spiro atoms. The lowest BCUT2D eigenvalue weighted by Crippen LogP contribution is -2.48. The third-order valence-electron chi connectivity index (χ3n) is 5.90. The van der Waals surface area contributed by atoms with Gasteiger partial charge in [0, 0.05) is 31.7 Å². The van der Waals surface area contributed by atoms with Crippen LogP contribution in [0.25, 0.3) is 0 Å². The normalized spacial score (nSPS) is 19.5. The molecule has 1 aliphatic rings. The Bertz CT molecular complexity index is 1030. The lowest BCUT2D eigenvalue weighted by Gasteiger charge is -2.34. The second kappa shape index (κ2) is 11.2. The van der Waals surface area contributed by atoms with Crippen molar-refractivity contribution in [1.29, 1.82) is 0 Å². The van der Waals surface area contributed by atoms with E-state index in [2.05, 4.69) is 36.2 Å². The summed E-state index contributed by atoms with van der Waals surface area (Å²) in [6.45, 7) is 11.9. The first-order chi connectivity index (χ1) is 15.7. The lowest BCUT2D eigenvalue weighted by molar-refractivity contribution is -0.0440. The van der Waals surface area contributed by atoms with Gasteiger partial charge in [-0.2, -0.15) is 4.31 Å². The predicted molar refractivity (Wildman–Crippen MR) is 129 cm³/mol. The van der Waals surface area contributed by atoms with E-state index in [4.69, 9.17) is 4.74 Å². The van der Waals surface area contributed by atoms with Gasteiger partial charge in [0.2, 0.25) is 10.0 Å². The first-order valence-corrected chi connectivity index (χ1v) is 13.0. The maximum atomic E-state index is 13.1. The molecule has 0 aromatic heterocycles. The number of nitrogens with zero attached hydrogens (tertiary/aromatic N) is 2. The number of morpholine rings is 1. The molecule has 8 heteroatoms. The Morgan fingerprint density at radius 1 is 1.03 bits per heavy atom. The molecule has 7 nitrogen and oxygen atoms in total. The van der Waals surface area contributed by atoms with Gasteiger partial charge >= 0.3 is 0 Å². The Balaban J connectivity index is 1.64. The van der Waals surface area contributed by atoms with Crippen LogP contribution in [-0.2, 0) is 27.8 Å². The minimum atomic E-state index is -3.70. The zero-order valence-corrected chi connectivity index (χ0v) is 20.8. The Morgan fingerprint density at radius 3 is 2.24 bits per heavy atom. The van der Waals surface area contributed by atoms with Gasteiger partial charge in [-0.05, 0) is 56.3 Å². The van der Waals surface area contributed by atoms with E-state index in [1.165, 1.54) is 22.0 Å². The number of rotatable bonds is 9. The minimum absolute atomic E-state index is 0.122. The van der Waals surface area contributed by atoms with Crippen LogP contribution < -0.4 is 5.32 Å². The van der Waals surface area contributed by atoms with Crippen molar-refractivity contribution in [2.45, 2.75) is 57.9 Å². The molecule has 0 saturated carbocycles. The van der Waals surface area contributed by atoms with Crippen LogP contribution in [0.2, 0.25) is 0 Å². The fourth-order valence-corrected chi connectivity index (χ4v) is 5.66. The summed E-state index contributed by atoms with van der Waals surface area (Å²) in [7, 11) is -3.70. The van der Waals surface area contributed by atoms with Crippen molar-refractivity contribution >= 4 is 15.9 Å². The molecule has 2 atom stereocenters. The summed E-state index contributed by atoms with van der Waals surface area (Å²) in [4.78, 5) is 15.2. The van der Waals surface area contributed by atoms with Gasteiger partial charge in [0.25, 0.3) is 5.91 Å². The maximum Gasteiger partial charge on any atom is 0.251 e. The molecule has 0 bridgehead atoms. The average molecular weight is 474 g/mol. The van der Waals surface area contributed by atoms with Crippen molar-refractivity contribution < 1.29 is 17.9 Å². The van der Waals surface area contributed by atoms with E-state index < -0.39 is 10.0 Å². The first-order valence-electron chi connectivity index (χ1n) is 11.6. The number of amides is 1. The van der Waals surface area contributed by atoms with Crippen LogP contribution in [0.3, 0.4) is 0 Å². The molecule has 1 amide bonds. The number of sulfonamides is 1. The van der Waals surface area contributed by atoms with E-state index in [-0.39, 0.29) is 23.0 Å². The Kier molecular flexibility index (Phi) is 8.64. The van der Waals surface area contributed by atoms with Gasteiger partial charge in [-0.3, -0.25) is 9.69 Å². The van der Waals surface area contributed by atoms with Crippen molar-refractivity contribution in [3.8, 4) is 0 Å². The van der Waals surface area contributed by atoms with Crippen molar-refractivity contribution in [3.63, 3.8) is 0 Å². The van der Waals surface area contributed by atoms with Crippen molar-refractivity contribution in [1.82, 2.24) is 14.5 Å². The highest BCUT2D eigenvalue weighted by Crippen LogP contribution is 2.22. The summed E-state index contributed by atoms with van der Waals surface area (Å²) in [5, 5.41) is 2.89. The molecule has 1 heterocycles. The van der Waals surface area contributed by atoms with Crippen LogP contribution in [0.15, 0.2) is 53.4 Å². The van der Waals surface area contributed by atoms with E-state index >= 15 is 0 Å². The zero-order valence-electron chi connectivity index (χ0n) is 20.0. The molecule has 1 N–H and O–H groups in total. The van der Waals surface area contributed by atoms with Gasteiger partial charge in [0.05, 0.1) is 17.1 Å². The van der Waals surface area contributed by atoms with E-state index in [9.17, 15) is 13.2 Å². The third-order valence-corrected chi connectivity index (χ3v) is 7.72. The number of ether oxygens (including phenoxy) is 1. The molecule has 1 saturated heterocycles. The Morgan fingerprint density at radius 2 is 1.64 bits per heavy atom. The highest BCUT2D eigenvalue weighted by atomic mass is 32.2. The molecule has 0 aliphatic carbocycles. The van der Waals surface area contributed by atoms with Gasteiger partial charge in [0.1, 0.15) is 0 Å². The largest absolute Gasteiger partial charge is 0.373 e. The number of carbonyl (C=O) groups is 1. The smallest absolute Gasteiger partial charge is 0.251 e. The standard InChI is InChI=1S/C25H35N3O4S/c1-5-27(6-2)18-22-12-10-21(11-13-22)15-26-25(29)23-8-7-9-24(14-23)33(30,31)28-16-19(3)32-20(4)17-28/h7-14,19-20H,5-6,15-18H2,1-4H3,(H,26,29). The molecular weight excluding hydrogens is 438 g/mol. The highest BCUT2D eigenvalue weighted by Gasteiger charge is 2.32. The topological polar surface area (TPSA) is 79.0 Å². The summed E-state index contributed by atoms with van der Waals surface area (Å²) in [6, 6.07) is 14.4. The van der Waals surface area contributed by atoms with Gasteiger partial charge in [-0.15, -0.1) is 0 Å². The average Bonchev–Trinajstić information content (AvgIpc) is 2.81. The first kappa shape index (κ1) is 25.4. The number of benzene rings is 2. The number of nitrogens with one attached hydrogen (secondary N) is 1. The number of hydrogen-bond donors (Lipinski definition) is 1. The van der Waals surface area contributed by atoms with Crippen LogP contribution in [0, 0.1) is 0 Å². The SMILES string of the molecule is CCN(CC)Cc1ccc(CNC(=O)c2cccc(S(=O)(=O)N3CC(C)OC(C)C3)c2)cc1. The van der Waals surface area contributed by atoms with Crippen LogP contribution in [-0.4, -0.2) is 61.9 Å². The predicted octanol–water partition coefficient (Wildman–Crippen LogP) is 3.26. The van der Waals surface area contributed by atoms with Gasteiger partial charge in [-0.25, -0.2) is 8.42 Å². The fourth-order valence-electron chi connectivity index (χ4n) is 4.03. The summed E-state index contributed by atoms with van der Waals surface area (Å²) in [5.41, 5.74) is 2.55. The molecule has 2 aromatic carbocycles. The monoisotopic (exact) mass is 473 g/mol. The summed E-state index contributed by atoms with van der Waals surface area (Å²) < 4.78 is 33.3. The van der Waals surface area contributed by atoms with E-state index in [1.807, 2.05) is 26.0 Å². The highest BCUT2D eigenvalue weighted by molar-refractivity contribution is 7.89. The van der Waals surface area contributed by atoms with Crippen LogP contribution >= 0.6 is 0 Å². The zero-order chi connectivity index (χ0) is 24.0. The quantitative estimate of drug-likeness (QED) is 0.605. The fraction of sp³-hybridized carbons (Fsp3) is 0.480. The molecule has 0 radical (unpaired) electrons. The second-order valence-electron chi connectivity index (χ2n) is 8.57. The molecule has 2 aromatic rings. The molecule has 1 fully saturated rings. The molecule has 1 aliphatic heterocycles. The number of hydrogen-bond acceptors (Lipinski definition) is 5. The van der Waals surface area contributed by atoms with Crippen LogP contribution in [0.1, 0.15) is 49.2 Å². The molecule has 180 valence electrons. The third kappa shape index (κ3) is 6.63. The van der Waals surface area contributed by atoms with Crippen molar-refractivity contribution in [2.24, 2.45) is 0 Å². The van der Waals surface area contributed by atoms with Crippen molar-refractivity contribution in [3.05, 3.63) is 65.2 Å². The van der Waals surface area contributed by atoms with Crippen molar-refractivity contribution in [2.75, 3.05) is 26.2 Å². The van der Waals surface area contributed by atoms with E-state index in [1.54, 1.807) is 12.1 Å². The van der Waals surface area contributed by atoms with Crippen LogP contribution in [0.4, 0.5) is 0 Å². The molecule has 2 unspecified atom stereocenters. The summed E-state index contributed by atoms with van der Waals surface area (Å²) >= 11 is 0. The van der Waals surface area contributed by atoms with Gasteiger partial charge in [-0.1, -0.05) is 44.2 Å². The second-order valence-corrected chi connectivity index (χ2v) is 10.5. The Hall–Kier alpha value is -2.26. The Labute approximate surface area is 197 Å². The summed E-state index contributed by atoms with van der Waals surface area (Å²) in [5.74, 6) is -0.303. The molecule has 33 heavy (non-hydrogen) atoms. The van der Waals surface area contributed by atoms with Gasteiger partial charge < -0.3 is 10.1 Å². The van der Waals surface area contributed by atoms with Crippen LogP contribution in [0.5, 0.6) is 0 Å². The minimum Gasteiger partial charge on any atom is -0.373 e. The summed E-state index contributed by atoms with van der Waals surface area (Å²) in [6.07, 6.45) is -0.346. The molecular formula is C25H35N3O4S. The van der Waals surface area contributed by atoms with E-state index in [0.717, 1.165) is 25.2 Å². The lowest BCUT2D eigenvalue weighted by atomic mass is 10.1. The number of carbonyl (C=O) groups excluding carboxylic acids is 1. The molecule has 3 rings (SSSR count).